The summed E-state index contributed by atoms with van der Waals surface area (Å²) < 4.78 is 2.23. The van der Waals surface area contributed by atoms with Gasteiger partial charge in [0.2, 0.25) is 0 Å². The minimum atomic E-state index is 0.948. The number of aryl methyl sites for hydroxylation is 1. The van der Waals surface area contributed by atoms with Gasteiger partial charge in [0.05, 0.1) is 5.69 Å². The number of rotatable bonds is 5. The first-order valence-electron chi connectivity index (χ1n) is 5.05. The Balaban J connectivity index is 2.45. The van der Waals surface area contributed by atoms with Crippen molar-refractivity contribution >= 4 is 38.5 Å². The van der Waals surface area contributed by atoms with Gasteiger partial charge in [0.1, 0.15) is 4.60 Å². The summed E-state index contributed by atoms with van der Waals surface area (Å²) >= 11 is 5.76. The fourth-order valence-electron chi connectivity index (χ4n) is 1.35. The zero-order valence-corrected chi connectivity index (χ0v) is 12.1. The summed E-state index contributed by atoms with van der Waals surface area (Å²) in [6.07, 6.45) is 6.32. The minimum Gasteiger partial charge on any atom is -0.245 e. The van der Waals surface area contributed by atoms with E-state index in [2.05, 4.69) is 56.5 Å². The second kappa shape index (κ2) is 6.77. The number of unbranched alkanes of at least 4 members (excludes halogenated alkanes) is 3. The van der Waals surface area contributed by atoms with Crippen LogP contribution in [0.25, 0.3) is 0 Å². The summed E-state index contributed by atoms with van der Waals surface area (Å²) in [6, 6.07) is 4.12. The number of nitrogens with zero attached hydrogens (tertiary/aromatic N) is 1. The lowest BCUT2D eigenvalue weighted by Gasteiger charge is -2.03. The molecule has 0 spiro atoms. The fourth-order valence-corrected chi connectivity index (χ4v) is 2.27. The van der Waals surface area contributed by atoms with Gasteiger partial charge < -0.3 is 0 Å². The van der Waals surface area contributed by atoms with Gasteiger partial charge in [0.15, 0.2) is 0 Å². The molecule has 0 saturated carbocycles. The van der Waals surface area contributed by atoms with Gasteiger partial charge >= 0.3 is 0 Å². The van der Waals surface area contributed by atoms with Crippen LogP contribution in [0, 0.1) is 3.57 Å². The molecule has 0 radical (unpaired) electrons. The monoisotopic (exact) mass is 367 g/mol. The molecule has 0 N–H and O–H groups in total. The first-order valence-corrected chi connectivity index (χ1v) is 6.92. The highest BCUT2D eigenvalue weighted by Crippen LogP contribution is 2.16. The van der Waals surface area contributed by atoms with Crippen LogP contribution in [-0.2, 0) is 6.42 Å². The molecule has 0 aliphatic rings. The molecule has 1 aromatic heterocycles. The Morgan fingerprint density at radius 3 is 2.79 bits per heavy atom. The van der Waals surface area contributed by atoms with Crippen molar-refractivity contribution in [2.75, 3.05) is 0 Å². The molecule has 1 aromatic rings. The van der Waals surface area contributed by atoms with Gasteiger partial charge in [-0.25, -0.2) is 4.98 Å². The van der Waals surface area contributed by atoms with Crippen molar-refractivity contribution in [2.24, 2.45) is 0 Å². The van der Waals surface area contributed by atoms with Crippen molar-refractivity contribution in [3.8, 4) is 0 Å². The quantitative estimate of drug-likeness (QED) is 0.422. The van der Waals surface area contributed by atoms with E-state index in [0.717, 1.165) is 11.0 Å². The molecule has 0 unspecified atom stereocenters. The zero-order chi connectivity index (χ0) is 10.4. The molecule has 0 aliphatic heterocycles. The largest absolute Gasteiger partial charge is 0.245 e. The van der Waals surface area contributed by atoms with Crippen LogP contribution in [0.3, 0.4) is 0 Å². The Labute approximate surface area is 108 Å². The predicted molar refractivity (Wildman–Crippen MR) is 72.5 cm³/mol. The summed E-state index contributed by atoms with van der Waals surface area (Å²) in [5, 5.41) is 0. The topological polar surface area (TPSA) is 12.9 Å². The molecule has 1 rings (SSSR count). The predicted octanol–water partition coefficient (Wildman–Crippen LogP) is 4.57. The van der Waals surface area contributed by atoms with Crippen LogP contribution in [-0.4, -0.2) is 4.98 Å². The molecular weight excluding hydrogens is 353 g/mol. The van der Waals surface area contributed by atoms with Gasteiger partial charge in [-0.05, 0) is 63.5 Å². The van der Waals surface area contributed by atoms with Crippen LogP contribution >= 0.6 is 38.5 Å². The Bertz CT molecular complexity index is 289. The summed E-state index contributed by atoms with van der Waals surface area (Å²) in [5.41, 5.74) is 1.23. The van der Waals surface area contributed by atoms with Crippen LogP contribution in [0.5, 0.6) is 0 Å². The summed E-state index contributed by atoms with van der Waals surface area (Å²) in [6.45, 7) is 2.24. The zero-order valence-electron chi connectivity index (χ0n) is 8.39. The van der Waals surface area contributed by atoms with Gasteiger partial charge in [0.25, 0.3) is 0 Å². The van der Waals surface area contributed by atoms with Gasteiger partial charge in [-0.15, -0.1) is 0 Å². The molecule has 1 nitrogen and oxygen atoms in total. The molecular formula is C11H15BrIN. The number of aromatic nitrogens is 1. The summed E-state index contributed by atoms with van der Waals surface area (Å²) in [4.78, 5) is 4.48. The van der Waals surface area contributed by atoms with Crippen molar-refractivity contribution in [1.29, 1.82) is 0 Å². The van der Waals surface area contributed by atoms with E-state index in [9.17, 15) is 0 Å². The van der Waals surface area contributed by atoms with Crippen LogP contribution in [0.1, 0.15) is 38.3 Å². The van der Waals surface area contributed by atoms with Crippen molar-refractivity contribution in [3.63, 3.8) is 0 Å². The maximum Gasteiger partial charge on any atom is 0.106 e. The fraction of sp³-hybridized carbons (Fsp3) is 0.545. The van der Waals surface area contributed by atoms with E-state index in [0.29, 0.717) is 0 Å². The van der Waals surface area contributed by atoms with Gasteiger partial charge in [-0.3, -0.25) is 0 Å². The average molecular weight is 368 g/mol. The third-order valence-corrected chi connectivity index (χ3v) is 3.58. The standard InChI is InChI=1S/C11H15BrIN/c1-2-3-4-5-6-10-9(13)7-8-11(12)14-10/h7-8H,2-6H2,1H3. The molecule has 0 aromatic carbocycles. The summed E-state index contributed by atoms with van der Waals surface area (Å²) in [5.74, 6) is 0. The van der Waals surface area contributed by atoms with Crippen LogP contribution in [0.4, 0.5) is 0 Å². The Kier molecular flexibility index (Phi) is 6.01. The van der Waals surface area contributed by atoms with Crippen LogP contribution < -0.4 is 0 Å². The molecule has 14 heavy (non-hydrogen) atoms. The lowest BCUT2D eigenvalue weighted by Crippen LogP contribution is -1.94. The third-order valence-electron chi connectivity index (χ3n) is 2.15. The number of hydrogen-bond donors (Lipinski definition) is 0. The van der Waals surface area contributed by atoms with Gasteiger partial charge in [-0.1, -0.05) is 26.2 Å². The highest BCUT2D eigenvalue weighted by molar-refractivity contribution is 14.1. The lowest BCUT2D eigenvalue weighted by atomic mass is 10.1. The number of pyridine rings is 1. The maximum atomic E-state index is 4.48. The van der Waals surface area contributed by atoms with Crippen molar-refractivity contribution in [3.05, 3.63) is 26.0 Å². The molecule has 0 saturated heterocycles. The van der Waals surface area contributed by atoms with E-state index in [1.165, 1.54) is 34.9 Å². The molecule has 0 amide bonds. The minimum absolute atomic E-state index is 0.948. The normalized spacial score (nSPS) is 10.5. The van der Waals surface area contributed by atoms with E-state index in [-0.39, 0.29) is 0 Å². The van der Waals surface area contributed by atoms with E-state index in [1.807, 2.05) is 6.07 Å². The second-order valence-corrected chi connectivity index (χ2v) is 5.35. The Morgan fingerprint density at radius 2 is 2.07 bits per heavy atom. The molecule has 78 valence electrons. The highest BCUT2D eigenvalue weighted by Gasteiger charge is 2.01. The molecule has 0 atom stereocenters. The van der Waals surface area contributed by atoms with E-state index in [1.54, 1.807) is 0 Å². The van der Waals surface area contributed by atoms with E-state index >= 15 is 0 Å². The molecule has 0 fully saturated rings. The molecule has 1 heterocycles. The highest BCUT2D eigenvalue weighted by atomic mass is 127. The Hall–Kier alpha value is 0.360. The summed E-state index contributed by atoms with van der Waals surface area (Å²) in [7, 11) is 0. The third kappa shape index (κ3) is 4.26. The van der Waals surface area contributed by atoms with Crippen molar-refractivity contribution < 1.29 is 0 Å². The number of halogens is 2. The Morgan fingerprint density at radius 1 is 1.29 bits per heavy atom. The van der Waals surface area contributed by atoms with Crippen LogP contribution in [0.2, 0.25) is 0 Å². The molecule has 0 bridgehead atoms. The van der Waals surface area contributed by atoms with Crippen molar-refractivity contribution in [2.45, 2.75) is 39.0 Å². The van der Waals surface area contributed by atoms with Gasteiger partial charge in [-0.2, -0.15) is 0 Å². The lowest BCUT2D eigenvalue weighted by molar-refractivity contribution is 0.659. The van der Waals surface area contributed by atoms with E-state index < -0.39 is 0 Å². The SMILES string of the molecule is CCCCCCc1nc(Br)ccc1I. The molecule has 0 aliphatic carbocycles. The first kappa shape index (κ1) is 12.4. The average Bonchev–Trinajstić information content (AvgIpc) is 2.18. The smallest absolute Gasteiger partial charge is 0.106 e. The van der Waals surface area contributed by atoms with Crippen molar-refractivity contribution in [1.82, 2.24) is 4.98 Å². The van der Waals surface area contributed by atoms with Gasteiger partial charge in [0, 0.05) is 3.57 Å². The van der Waals surface area contributed by atoms with E-state index in [4.69, 9.17) is 0 Å². The first-order chi connectivity index (χ1) is 6.74. The maximum absolute atomic E-state index is 4.48. The number of hydrogen-bond acceptors (Lipinski definition) is 1. The second-order valence-electron chi connectivity index (χ2n) is 3.37. The molecule has 3 heteroatoms. The van der Waals surface area contributed by atoms with Crippen LogP contribution in [0.15, 0.2) is 16.7 Å².